The molecule has 1 aliphatic rings. The highest BCUT2D eigenvalue weighted by atomic mass is 16.5. The van der Waals surface area contributed by atoms with Gasteiger partial charge in [-0.15, -0.1) is 0 Å². The number of rotatable bonds is 6. The lowest BCUT2D eigenvalue weighted by Gasteiger charge is -2.25. The molecule has 2 aromatic rings. The number of carbonyl (C=O) groups is 1. The molecule has 1 atom stereocenters. The van der Waals surface area contributed by atoms with E-state index in [0.29, 0.717) is 11.6 Å². The lowest BCUT2D eigenvalue weighted by molar-refractivity contribution is 0.1000. The maximum absolute atomic E-state index is 11.4. The van der Waals surface area contributed by atoms with Crippen LogP contribution in [0.4, 0.5) is 0 Å². The van der Waals surface area contributed by atoms with Gasteiger partial charge in [-0.3, -0.25) is 9.69 Å². The molecule has 0 radical (unpaired) electrons. The Labute approximate surface area is 148 Å². The summed E-state index contributed by atoms with van der Waals surface area (Å²) in [5.74, 6) is 1.10. The molecule has 0 bridgehead atoms. The molecule has 1 amide bonds. The molecule has 1 saturated heterocycles. The number of benzene rings is 2. The second-order valence-electron chi connectivity index (χ2n) is 6.31. The Bertz CT molecular complexity index is 760. The molecule has 5 heteroatoms. The first-order chi connectivity index (χ1) is 12.1. The summed E-state index contributed by atoms with van der Waals surface area (Å²) >= 11 is 0. The Morgan fingerprint density at radius 1 is 1.16 bits per heavy atom. The van der Waals surface area contributed by atoms with Crippen LogP contribution in [-0.4, -0.2) is 31.6 Å². The predicted molar refractivity (Wildman–Crippen MR) is 96.9 cm³/mol. The van der Waals surface area contributed by atoms with Gasteiger partial charge in [0.15, 0.2) is 11.5 Å². The average molecular weight is 340 g/mol. The van der Waals surface area contributed by atoms with Crippen molar-refractivity contribution in [3.8, 4) is 11.5 Å². The van der Waals surface area contributed by atoms with Gasteiger partial charge in [-0.1, -0.05) is 18.2 Å². The quantitative estimate of drug-likeness (QED) is 0.877. The number of ether oxygens (including phenoxy) is 2. The van der Waals surface area contributed by atoms with E-state index >= 15 is 0 Å². The molecule has 1 fully saturated rings. The van der Waals surface area contributed by atoms with Crippen molar-refractivity contribution in [3.63, 3.8) is 0 Å². The number of carbonyl (C=O) groups excluding carboxylic acids is 1. The van der Waals surface area contributed by atoms with Gasteiger partial charge in [-0.2, -0.15) is 0 Å². The van der Waals surface area contributed by atoms with E-state index in [1.165, 1.54) is 5.56 Å². The second kappa shape index (κ2) is 7.57. The van der Waals surface area contributed by atoms with Gasteiger partial charge in [-0.05, 0) is 54.8 Å². The number of nitrogens with two attached hydrogens (primary N) is 1. The summed E-state index contributed by atoms with van der Waals surface area (Å²) in [4.78, 5) is 13.8. The van der Waals surface area contributed by atoms with E-state index in [4.69, 9.17) is 15.2 Å². The van der Waals surface area contributed by atoms with Gasteiger partial charge >= 0.3 is 0 Å². The molecule has 1 aliphatic heterocycles. The lowest BCUT2D eigenvalue weighted by atomic mass is 10.0. The highest BCUT2D eigenvalue weighted by Crippen LogP contribution is 2.37. The largest absolute Gasteiger partial charge is 0.493 e. The Morgan fingerprint density at radius 3 is 2.68 bits per heavy atom. The highest BCUT2D eigenvalue weighted by Gasteiger charge is 2.27. The molecule has 1 heterocycles. The maximum Gasteiger partial charge on any atom is 0.248 e. The molecule has 5 nitrogen and oxygen atoms in total. The van der Waals surface area contributed by atoms with E-state index in [-0.39, 0.29) is 5.91 Å². The fraction of sp³-hybridized carbons (Fsp3) is 0.350. The van der Waals surface area contributed by atoms with E-state index in [0.717, 1.165) is 43.0 Å². The SMILES string of the molecule is COc1ccc(C2CCCN2Cc2cccc(C(N)=O)c2)cc1OC. The van der Waals surface area contributed by atoms with Crippen LogP contribution in [0.1, 0.15) is 40.4 Å². The zero-order chi connectivity index (χ0) is 17.8. The second-order valence-corrected chi connectivity index (χ2v) is 6.31. The number of methoxy groups -OCH3 is 2. The maximum atomic E-state index is 11.4. The molecule has 0 spiro atoms. The van der Waals surface area contributed by atoms with Crippen molar-refractivity contribution in [2.45, 2.75) is 25.4 Å². The van der Waals surface area contributed by atoms with Crippen molar-refractivity contribution < 1.29 is 14.3 Å². The zero-order valence-electron chi connectivity index (χ0n) is 14.7. The molecule has 2 aromatic carbocycles. The van der Waals surface area contributed by atoms with Crippen LogP contribution in [0.25, 0.3) is 0 Å². The Hall–Kier alpha value is -2.53. The summed E-state index contributed by atoms with van der Waals surface area (Å²) < 4.78 is 10.8. The van der Waals surface area contributed by atoms with Crippen LogP contribution in [0.15, 0.2) is 42.5 Å². The normalized spacial score (nSPS) is 17.4. The van der Waals surface area contributed by atoms with Crippen LogP contribution in [0, 0.1) is 0 Å². The fourth-order valence-corrected chi connectivity index (χ4v) is 3.51. The smallest absolute Gasteiger partial charge is 0.248 e. The van der Waals surface area contributed by atoms with E-state index in [1.54, 1.807) is 20.3 Å². The van der Waals surface area contributed by atoms with Crippen molar-refractivity contribution in [2.24, 2.45) is 5.73 Å². The van der Waals surface area contributed by atoms with E-state index in [9.17, 15) is 4.79 Å². The first kappa shape index (κ1) is 17.3. The summed E-state index contributed by atoms with van der Waals surface area (Å²) in [7, 11) is 3.30. The summed E-state index contributed by atoms with van der Waals surface area (Å²) in [5, 5.41) is 0. The molecule has 0 saturated carbocycles. The minimum atomic E-state index is -0.389. The topological polar surface area (TPSA) is 64.8 Å². The van der Waals surface area contributed by atoms with E-state index < -0.39 is 0 Å². The molecule has 2 N–H and O–H groups in total. The molecular weight excluding hydrogens is 316 g/mol. The predicted octanol–water partition coefficient (Wildman–Crippen LogP) is 3.14. The molecular formula is C20H24N2O3. The third-order valence-electron chi connectivity index (χ3n) is 4.75. The summed E-state index contributed by atoms with van der Waals surface area (Å²) in [6, 6.07) is 14.0. The third-order valence-corrected chi connectivity index (χ3v) is 4.75. The summed E-state index contributed by atoms with van der Waals surface area (Å²) in [6.45, 7) is 1.82. The van der Waals surface area contributed by atoms with Crippen LogP contribution >= 0.6 is 0 Å². The molecule has 132 valence electrons. The standard InChI is InChI=1S/C20H24N2O3/c1-24-18-9-8-15(12-19(18)25-2)17-7-4-10-22(17)13-14-5-3-6-16(11-14)20(21)23/h3,5-6,8-9,11-12,17H,4,7,10,13H2,1-2H3,(H2,21,23). The Balaban J connectivity index is 1.81. The van der Waals surface area contributed by atoms with Crippen LogP contribution in [0.5, 0.6) is 11.5 Å². The van der Waals surface area contributed by atoms with Gasteiger partial charge in [0.05, 0.1) is 14.2 Å². The Morgan fingerprint density at radius 2 is 1.96 bits per heavy atom. The molecule has 0 aliphatic carbocycles. The first-order valence-electron chi connectivity index (χ1n) is 8.47. The lowest BCUT2D eigenvalue weighted by Crippen LogP contribution is -2.23. The van der Waals surface area contributed by atoms with Crippen molar-refractivity contribution in [2.75, 3.05) is 20.8 Å². The van der Waals surface area contributed by atoms with Gasteiger partial charge in [0.25, 0.3) is 0 Å². The van der Waals surface area contributed by atoms with Crippen molar-refractivity contribution in [1.29, 1.82) is 0 Å². The minimum absolute atomic E-state index is 0.331. The number of likely N-dealkylation sites (tertiary alicyclic amines) is 1. The number of nitrogens with zero attached hydrogens (tertiary/aromatic N) is 1. The Kier molecular flexibility index (Phi) is 5.24. The third kappa shape index (κ3) is 3.77. The summed E-state index contributed by atoms with van der Waals surface area (Å²) in [5.41, 5.74) is 8.27. The first-order valence-corrected chi connectivity index (χ1v) is 8.47. The molecule has 0 aromatic heterocycles. The van der Waals surface area contributed by atoms with E-state index in [1.807, 2.05) is 24.3 Å². The van der Waals surface area contributed by atoms with Crippen LogP contribution in [0.3, 0.4) is 0 Å². The zero-order valence-corrected chi connectivity index (χ0v) is 14.7. The highest BCUT2D eigenvalue weighted by molar-refractivity contribution is 5.92. The number of primary amides is 1. The molecule has 25 heavy (non-hydrogen) atoms. The summed E-state index contributed by atoms with van der Waals surface area (Å²) in [6.07, 6.45) is 2.25. The van der Waals surface area contributed by atoms with Gasteiger partial charge in [0.1, 0.15) is 0 Å². The van der Waals surface area contributed by atoms with E-state index in [2.05, 4.69) is 17.0 Å². The molecule has 1 unspecified atom stereocenters. The van der Waals surface area contributed by atoms with Crippen molar-refractivity contribution >= 4 is 5.91 Å². The fourth-order valence-electron chi connectivity index (χ4n) is 3.51. The average Bonchev–Trinajstić information content (AvgIpc) is 3.09. The van der Waals surface area contributed by atoms with Gasteiger partial charge in [-0.25, -0.2) is 0 Å². The van der Waals surface area contributed by atoms with Gasteiger partial charge < -0.3 is 15.2 Å². The van der Waals surface area contributed by atoms with Crippen LogP contribution in [-0.2, 0) is 6.54 Å². The van der Waals surface area contributed by atoms with Crippen LogP contribution in [0.2, 0.25) is 0 Å². The monoisotopic (exact) mass is 340 g/mol. The number of hydrogen-bond donors (Lipinski definition) is 1. The molecule has 3 rings (SSSR count). The van der Waals surface area contributed by atoms with Crippen molar-refractivity contribution in [3.05, 3.63) is 59.2 Å². The van der Waals surface area contributed by atoms with Gasteiger partial charge in [0.2, 0.25) is 5.91 Å². The number of hydrogen-bond acceptors (Lipinski definition) is 4. The number of amides is 1. The van der Waals surface area contributed by atoms with Crippen LogP contribution < -0.4 is 15.2 Å². The van der Waals surface area contributed by atoms with Gasteiger partial charge in [0, 0.05) is 18.2 Å². The minimum Gasteiger partial charge on any atom is -0.493 e. The van der Waals surface area contributed by atoms with Crippen molar-refractivity contribution in [1.82, 2.24) is 4.90 Å².